The molecule has 0 aliphatic rings. The molecule has 0 saturated heterocycles. The molecular weight excluding hydrogens is 298 g/mol. The summed E-state index contributed by atoms with van der Waals surface area (Å²) in [5, 5.41) is 11.0. The van der Waals surface area contributed by atoms with E-state index in [0.29, 0.717) is 16.1 Å². The average Bonchev–Trinajstić information content (AvgIpc) is 2.86. The Balaban J connectivity index is 2.47. The minimum Gasteiger partial charge on any atom is -0.465 e. The van der Waals surface area contributed by atoms with E-state index in [-0.39, 0.29) is 23.5 Å². The molecule has 0 aromatic carbocycles. The van der Waals surface area contributed by atoms with Crippen LogP contribution in [0.4, 0.5) is 5.13 Å². The Labute approximate surface area is 126 Å². The maximum Gasteiger partial charge on any atom is 0.316 e. The summed E-state index contributed by atoms with van der Waals surface area (Å²) in [5.74, 6) is -0.124. The molecule has 8 heteroatoms. The number of rotatable bonds is 8. The van der Waals surface area contributed by atoms with Crippen LogP contribution in [0, 0.1) is 5.92 Å². The van der Waals surface area contributed by atoms with Crippen molar-refractivity contribution in [2.45, 2.75) is 38.0 Å². The van der Waals surface area contributed by atoms with E-state index in [1.807, 2.05) is 13.8 Å². The number of carbonyl (C=O) groups excluding carboxylic acids is 2. The van der Waals surface area contributed by atoms with E-state index in [9.17, 15) is 9.59 Å². The normalized spacial score (nSPS) is 10.6. The monoisotopic (exact) mass is 317 g/mol. The van der Waals surface area contributed by atoms with Crippen LogP contribution in [0.2, 0.25) is 0 Å². The maximum absolute atomic E-state index is 11.9. The van der Waals surface area contributed by atoms with E-state index in [0.717, 1.165) is 12.8 Å². The van der Waals surface area contributed by atoms with Crippen molar-refractivity contribution in [2.75, 3.05) is 17.7 Å². The zero-order valence-corrected chi connectivity index (χ0v) is 13.5. The van der Waals surface area contributed by atoms with Gasteiger partial charge in [0.05, 0.1) is 12.4 Å². The van der Waals surface area contributed by atoms with E-state index in [1.165, 1.54) is 23.1 Å². The smallest absolute Gasteiger partial charge is 0.316 e. The number of hydrogen-bond donors (Lipinski definition) is 1. The van der Waals surface area contributed by atoms with E-state index in [4.69, 9.17) is 4.74 Å². The van der Waals surface area contributed by atoms with E-state index in [2.05, 4.69) is 15.5 Å². The third-order valence-electron chi connectivity index (χ3n) is 2.61. The molecule has 0 radical (unpaired) electrons. The number of nitrogens with one attached hydrogen (secondary N) is 1. The highest BCUT2D eigenvalue weighted by molar-refractivity contribution is 8.01. The first-order chi connectivity index (χ1) is 9.60. The number of ether oxygens (including phenoxy) is 1. The van der Waals surface area contributed by atoms with Crippen LogP contribution in [-0.4, -0.2) is 34.4 Å². The fourth-order valence-electron chi connectivity index (χ4n) is 1.51. The lowest BCUT2D eigenvalue weighted by Gasteiger charge is -2.09. The second-order valence-corrected chi connectivity index (χ2v) is 6.17. The average molecular weight is 317 g/mol. The lowest BCUT2D eigenvalue weighted by atomic mass is 10.0. The van der Waals surface area contributed by atoms with Crippen LogP contribution < -0.4 is 5.32 Å². The lowest BCUT2D eigenvalue weighted by molar-refractivity contribution is -0.139. The summed E-state index contributed by atoms with van der Waals surface area (Å²) in [6, 6.07) is 0. The molecule has 1 rings (SSSR count). The van der Waals surface area contributed by atoms with Crippen molar-refractivity contribution in [1.82, 2.24) is 10.2 Å². The Morgan fingerprint density at radius 3 is 2.60 bits per heavy atom. The predicted molar refractivity (Wildman–Crippen MR) is 80.0 cm³/mol. The fourth-order valence-corrected chi connectivity index (χ4v) is 3.06. The summed E-state index contributed by atoms with van der Waals surface area (Å²) in [5.41, 5.74) is 0. The van der Waals surface area contributed by atoms with Gasteiger partial charge in [-0.15, -0.1) is 10.2 Å². The van der Waals surface area contributed by atoms with Gasteiger partial charge < -0.3 is 10.1 Å². The van der Waals surface area contributed by atoms with Crippen molar-refractivity contribution in [3.05, 3.63) is 0 Å². The summed E-state index contributed by atoms with van der Waals surface area (Å²) in [7, 11) is 0. The molecule has 1 aromatic heterocycles. The summed E-state index contributed by atoms with van der Waals surface area (Å²) in [6.45, 7) is 6.09. The zero-order chi connectivity index (χ0) is 15.0. The molecule has 0 unspecified atom stereocenters. The Hall–Kier alpha value is -1.15. The van der Waals surface area contributed by atoms with Gasteiger partial charge in [0, 0.05) is 5.92 Å². The van der Waals surface area contributed by atoms with Crippen LogP contribution in [0.1, 0.15) is 33.6 Å². The summed E-state index contributed by atoms with van der Waals surface area (Å²) < 4.78 is 5.46. The molecule has 1 N–H and O–H groups in total. The molecule has 0 saturated carbocycles. The number of nitrogens with zero attached hydrogens (tertiary/aromatic N) is 2. The highest BCUT2D eigenvalue weighted by Crippen LogP contribution is 2.26. The Morgan fingerprint density at radius 2 is 2.00 bits per heavy atom. The summed E-state index contributed by atoms with van der Waals surface area (Å²) in [6.07, 6.45) is 1.59. The predicted octanol–water partition coefficient (Wildman–Crippen LogP) is 2.57. The molecule has 0 aliphatic carbocycles. The van der Waals surface area contributed by atoms with Crippen LogP contribution in [0.3, 0.4) is 0 Å². The van der Waals surface area contributed by atoms with E-state index < -0.39 is 0 Å². The fraction of sp³-hybridized carbons (Fsp3) is 0.667. The van der Waals surface area contributed by atoms with Crippen LogP contribution in [0.5, 0.6) is 0 Å². The molecule has 0 atom stereocenters. The summed E-state index contributed by atoms with van der Waals surface area (Å²) in [4.78, 5) is 23.1. The SMILES string of the molecule is CCOC(=O)CSc1nnc(NC(=O)C(CC)CC)s1. The maximum atomic E-state index is 11.9. The third kappa shape index (κ3) is 5.46. The Bertz CT molecular complexity index is 447. The lowest BCUT2D eigenvalue weighted by Crippen LogP contribution is -2.21. The van der Waals surface area contributed by atoms with Crippen molar-refractivity contribution < 1.29 is 14.3 Å². The number of thioether (sulfide) groups is 1. The first-order valence-corrected chi connectivity index (χ1v) is 8.33. The molecule has 20 heavy (non-hydrogen) atoms. The van der Waals surface area contributed by atoms with Crippen molar-refractivity contribution in [2.24, 2.45) is 5.92 Å². The van der Waals surface area contributed by atoms with Gasteiger partial charge >= 0.3 is 5.97 Å². The Kier molecular flexibility index (Phi) is 7.53. The number of anilines is 1. The van der Waals surface area contributed by atoms with E-state index >= 15 is 0 Å². The number of hydrogen-bond acceptors (Lipinski definition) is 7. The molecular formula is C12H19N3O3S2. The minimum absolute atomic E-state index is 0.00506. The molecule has 0 aliphatic heterocycles. The van der Waals surface area contributed by atoms with Crippen molar-refractivity contribution in [3.63, 3.8) is 0 Å². The molecule has 0 spiro atoms. The topological polar surface area (TPSA) is 81.2 Å². The Morgan fingerprint density at radius 1 is 1.30 bits per heavy atom. The van der Waals surface area contributed by atoms with Gasteiger partial charge in [0.1, 0.15) is 0 Å². The van der Waals surface area contributed by atoms with Crippen molar-refractivity contribution in [3.8, 4) is 0 Å². The molecule has 1 amide bonds. The molecule has 1 heterocycles. The highest BCUT2D eigenvalue weighted by atomic mass is 32.2. The van der Waals surface area contributed by atoms with Gasteiger partial charge in [-0.3, -0.25) is 9.59 Å². The molecule has 0 fully saturated rings. The van der Waals surface area contributed by atoms with E-state index in [1.54, 1.807) is 6.92 Å². The van der Waals surface area contributed by atoms with Gasteiger partial charge in [-0.1, -0.05) is 36.9 Å². The second-order valence-electron chi connectivity index (χ2n) is 3.97. The van der Waals surface area contributed by atoms with Crippen LogP contribution in [0.25, 0.3) is 0 Å². The molecule has 112 valence electrons. The molecule has 1 aromatic rings. The standard InChI is InChI=1S/C12H19N3O3S2/c1-4-8(5-2)10(17)13-11-14-15-12(20-11)19-7-9(16)18-6-3/h8H,4-7H2,1-3H3,(H,13,14,17). The zero-order valence-electron chi connectivity index (χ0n) is 11.8. The van der Waals surface area contributed by atoms with Crippen LogP contribution in [-0.2, 0) is 14.3 Å². The molecule has 6 nitrogen and oxygen atoms in total. The number of amides is 1. The van der Waals surface area contributed by atoms with Crippen LogP contribution >= 0.6 is 23.1 Å². The number of carbonyl (C=O) groups is 2. The first-order valence-electron chi connectivity index (χ1n) is 6.53. The van der Waals surface area contributed by atoms with Gasteiger partial charge in [-0.2, -0.15) is 0 Å². The number of aromatic nitrogens is 2. The van der Waals surface area contributed by atoms with Gasteiger partial charge in [0.2, 0.25) is 11.0 Å². The quantitative estimate of drug-likeness (QED) is 0.451. The first kappa shape index (κ1) is 16.9. The third-order valence-corrected chi connectivity index (χ3v) is 4.56. The number of esters is 1. The van der Waals surface area contributed by atoms with Gasteiger partial charge in [0.15, 0.2) is 4.34 Å². The molecule has 0 bridgehead atoms. The summed E-state index contributed by atoms with van der Waals surface area (Å²) >= 11 is 2.52. The minimum atomic E-state index is -0.282. The van der Waals surface area contributed by atoms with Gasteiger partial charge in [0.25, 0.3) is 0 Å². The highest BCUT2D eigenvalue weighted by Gasteiger charge is 2.16. The van der Waals surface area contributed by atoms with Crippen LogP contribution in [0.15, 0.2) is 4.34 Å². The largest absolute Gasteiger partial charge is 0.465 e. The van der Waals surface area contributed by atoms with Gasteiger partial charge in [-0.25, -0.2) is 0 Å². The van der Waals surface area contributed by atoms with Crippen molar-refractivity contribution in [1.29, 1.82) is 0 Å². The second kappa shape index (κ2) is 8.91. The van der Waals surface area contributed by atoms with Crippen molar-refractivity contribution >= 4 is 40.1 Å². The van der Waals surface area contributed by atoms with Gasteiger partial charge in [-0.05, 0) is 19.8 Å².